The zero-order valence-corrected chi connectivity index (χ0v) is 13.1. The van der Waals surface area contributed by atoms with E-state index in [2.05, 4.69) is 9.68 Å². The molecule has 0 aromatic carbocycles. The first-order chi connectivity index (χ1) is 11.8. The van der Waals surface area contributed by atoms with Crippen LogP contribution in [0.1, 0.15) is 0 Å². The molecule has 0 aliphatic carbocycles. The van der Waals surface area contributed by atoms with Crippen molar-refractivity contribution in [2.75, 3.05) is 13.2 Å². The Morgan fingerprint density at radius 1 is 0.600 bits per heavy atom. The summed E-state index contributed by atoms with van der Waals surface area (Å²) in [6.45, 7) is -0.631. The van der Waals surface area contributed by atoms with Crippen LogP contribution in [0.4, 0.5) is 0 Å². The van der Waals surface area contributed by atoms with Gasteiger partial charge >= 0.3 is 0 Å². The fraction of sp³-hybridized carbons (Fsp3) is 1.00. The first-order valence-corrected chi connectivity index (χ1v) is 7.50. The lowest BCUT2D eigenvalue weighted by Gasteiger charge is -2.44. The van der Waals surface area contributed by atoms with Gasteiger partial charge in [-0.1, -0.05) is 0 Å². The molecule has 0 aromatic rings. The summed E-state index contributed by atoms with van der Waals surface area (Å²) in [6.07, 6.45) is -15.1. The Morgan fingerprint density at radius 3 is 1.28 bits per heavy atom. The highest BCUT2D eigenvalue weighted by molar-refractivity contribution is 4.92. The molecule has 0 saturated carbocycles. The average molecular weight is 372 g/mol. The molecule has 0 radical (unpaired) electrons. The number of aliphatic hydroxyl groups is 6. The lowest BCUT2D eigenvalue weighted by molar-refractivity contribution is -0.377. The molecular weight excluding hydrogens is 348 g/mol. The molecule has 0 amide bonds. The van der Waals surface area contributed by atoms with Crippen LogP contribution in [0.5, 0.6) is 0 Å². The molecule has 148 valence electrons. The first kappa shape index (κ1) is 20.8. The minimum Gasteiger partial charge on any atom is -0.387 e. The largest absolute Gasteiger partial charge is 0.387 e. The molecule has 25 heavy (non-hydrogen) atoms. The highest BCUT2D eigenvalue weighted by Crippen LogP contribution is 2.28. The topological polar surface area (TPSA) is 220 Å². The fourth-order valence-electron chi connectivity index (χ4n) is 2.66. The number of hydrogen-bond acceptors (Lipinski definition) is 13. The van der Waals surface area contributed by atoms with Gasteiger partial charge in [-0.3, -0.25) is 0 Å². The molecule has 5 unspecified atom stereocenters. The fourth-order valence-corrected chi connectivity index (χ4v) is 2.66. The van der Waals surface area contributed by atoms with Gasteiger partial charge in [-0.05, 0) is 0 Å². The minimum atomic E-state index is -1.70. The highest BCUT2D eigenvalue weighted by atomic mass is 16.8. The summed E-state index contributed by atoms with van der Waals surface area (Å²) in [4.78, 5) is 8.71. The van der Waals surface area contributed by atoms with Crippen molar-refractivity contribution in [1.82, 2.24) is 0 Å². The van der Waals surface area contributed by atoms with Crippen molar-refractivity contribution in [3.63, 3.8) is 0 Å². The Balaban J connectivity index is 2.07. The third kappa shape index (κ3) is 4.42. The molecule has 2 saturated heterocycles. The summed E-state index contributed by atoms with van der Waals surface area (Å²) in [6, 6.07) is 0. The second-order valence-corrected chi connectivity index (χ2v) is 5.83. The number of aliphatic hydroxyl groups excluding tert-OH is 6. The van der Waals surface area contributed by atoms with Gasteiger partial charge in [-0.25, -0.2) is 11.8 Å². The van der Waals surface area contributed by atoms with Gasteiger partial charge in [0.15, 0.2) is 12.6 Å². The third-order valence-corrected chi connectivity index (χ3v) is 4.13. The number of rotatable bonds is 6. The van der Waals surface area contributed by atoms with Gasteiger partial charge < -0.3 is 54.5 Å². The van der Waals surface area contributed by atoms with Crippen molar-refractivity contribution in [2.45, 2.75) is 61.4 Å². The molecule has 0 bridgehead atoms. The quantitative estimate of drug-likeness (QED) is 0.204. The Labute approximate surface area is 142 Å². The average Bonchev–Trinajstić information content (AvgIpc) is 2.59. The van der Waals surface area contributed by atoms with Crippen LogP contribution >= 0.6 is 0 Å². The number of hydrogen-bond donors (Lipinski definition) is 8. The maximum Gasteiger partial charge on any atom is 0.189 e. The van der Waals surface area contributed by atoms with E-state index >= 15 is 0 Å². The van der Waals surface area contributed by atoms with Gasteiger partial charge in [0, 0.05) is 0 Å². The Morgan fingerprint density at radius 2 is 0.960 bits per heavy atom. The molecule has 10 atom stereocenters. The standard InChI is InChI=1S/C12H24N2O11/c13-21-1-3-5(15)7(17)9(19)11(23-3)25-12-10(20)8(18)6(16)4(24-12)2-22-14/h3-12,15-20H,1-2,13-14H2/t3?,4?,5-,6-,7+,8?,9?,10?,11-,12-/m1/s1. The minimum absolute atomic E-state index is 0.316. The Hall–Kier alpha value is -0.520. The summed E-state index contributed by atoms with van der Waals surface area (Å²) >= 11 is 0. The zero-order chi connectivity index (χ0) is 18.7. The van der Waals surface area contributed by atoms with Gasteiger partial charge in [0.05, 0.1) is 13.2 Å². The lowest BCUT2D eigenvalue weighted by Crippen LogP contribution is -2.64. The molecule has 0 spiro atoms. The maximum atomic E-state index is 9.97. The van der Waals surface area contributed by atoms with Crippen LogP contribution in [0.25, 0.3) is 0 Å². The van der Waals surface area contributed by atoms with E-state index in [-0.39, 0.29) is 13.2 Å². The molecule has 2 rings (SSSR count). The number of nitrogens with two attached hydrogens (primary N) is 2. The zero-order valence-electron chi connectivity index (χ0n) is 13.1. The summed E-state index contributed by atoms with van der Waals surface area (Å²) in [5.41, 5.74) is 0. The molecule has 10 N–H and O–H groups in total. The predicted octanol–water partition coefficient (Wildman–Crippen LogP) is -5.60. The van der Waals surface area contributed by atoms with E-state index in [4.69, 9.17) is 26.0 Å². The van der Waals surface area contributed by atoms with E-state index < -0.39 is 61.4 Å². The van der Waals surface area contributed by atoms with Crippen molar-refractivity contribution in [1.29, 1.82) is 0 Å². The van der Waals surface area contributed by atoms with Crippen molar-refractivity contribution in [2.24, 2.45) is 11.8 Å². The molecule has 2 fully saturated rings. The van der Waals surface area contributed by atoms with Crippen LogP contribution in [0.2, 0.25) is 0 Å². The van der Waals surface area contributed by atoms with Crippen molar-refractivity contribution < 1.29 is 54.5 Å². The molecular formula is C12H24N2O11. The number of ether oxygens (including phenoxy) is 3. The summed E-state index contributed by atoms with van der Waals surface area (Å²) < 4.78 is 15.8. The summed E-state index contributed by atoms with van der Waals surface area (Å²) in [7, 11) is 0. The van der Waals surface area contributed by atoms with Gasteiger partial charge in [0.1, 0.15) is 48.8 Å². The predicted molar refractivity (Wildman–Crippen MR) is 74.7 cm³/mol. The SMILES string of the molecule is NOCC1O[C@H](O[C@H]2OC(CON)[C@@H](O)[C@H](O)C2O)C(O)C(O)[C@@H]1O. The van der Waals surface area contributed by atoms with Gasteiger partial charge in [-0.15, -0.1) is 0 Å². The normalized spacial score (nSPS) is 48.5. The van der Waals surface area contributed by atoms with E-state index in [9.17, 15) is 30.6 Å². The van der Waals surface area contributed by atoms with Crippen LogP contribution < -0.4 is 11.8 Å². The summed E-state index contributed by atoms with van der Waals surface area (Å²) in [5.74, 6) is 9.82. The van der Waals surface area contributed by atoms with E-state index in [0.717, 1.165) is 0 Å². The second-order valence-electron chi connectivity index (χ2n) is 5.83. The van der Waals surface area contributed by atoms with Crippen molar-refractivity contribution in [3.05, 3.63) is 0 Å². The Kier molecular flexibility index (Phi) is 7.41. The molecule has 0 aromatic heterocycles. The van der Waals surface area contributed by atoms with E-state index in [1.54, 1.807) is 0 Å². The maximum absolute atomic E-state index is 9.97. The molecule has 13 nitrogen and oxygen atoms in total. The van der Waals surface area contributed by atoms with Crippen LogP contribution in [-0.4, -0.2) is 105 Å². The van der Waals surface area contributed by atoms with Gasteiger partial charge in [0.25, 0.3) is 0 Å². The second kappa shape index (κ2) is 8.92. The first-order valence-electron chi connectivity index (χ1n) is 7.50. The highest BCUT2D eigenvalue weighted by Gasteiger charge is 2.49. The smallest absolute Gasteiger partial charge is 0.189 e. The monoisotopic (exact) mass is 372 g/mol. The van der Waals surface area contributed by atoms with Crippen LogP contribution in [0, 0.1) is 0 Å². The van der Waals surface area contributed by atoms with Crippen LogP contribution in [0.3, 0.4) is 0 Å². The van der Waals surface area contributed by atoms with E-state index in [0.29, 0.717) is 0 Å². The van der Waals surface area contributed by atoms with Gasteiger partial charge in [-0.2, -0.15) is 0 Å². The van der Waals surface area contributed by atoms with Crippen LogP contribution in [0.15, 0.2) is 0 Å². The molecule has 2 aliphatic heterocycles. The molecule has 13 heteroatoms. The molecule has 2 aliphatic rings. The van der Waals surface area contributed by atoms with Crippen molar-refractivity contribution >= 4 is 0 Å². The van der Waals surface area contributed by atoms with Crippen LogP contribution in [-0.2, 0) is 23.9 Å². The van der Waals surface area contributed by atoms with Gasteiger partial charge in [0.2, 0.25) is 0 Å². The van der Waals surface area contributed by atoms with E-state index in [1.165, 1.54) is 0 Å². The Bertz CT molecular complexity index is 383. The lowest BCUT2D eigenvalue weighted by atomic mass is 9.98. The summed E-state index contributed by atoms with van der Waals surface area (Å²) in [5, 5.41) is 59.2. The van der Waals surface area contributed by atoms with E-state index in [1.807, 2.05) is 0 Å². The third-order valence-electron chi connectivity index (χ3n) is 4.13. The van der Waals surface area contributed by atoms with Crippen molar-refractivity contribution in [3.8, 4) is 0 Å². The molecule has 2 heterocycles.